The number of halogens is 1. The molecule has 0 aromatic heterocycles. The standard InChI is InChI=1S/C19H25NO2.ClH/c1-20(2,15-19(22)17-8-4-3-5-9-17)14-6-7-16-10-12-18(21)13-11-16;/h3-5,8-13,19,22H,6-7,14-15H2,1-2H3;1H. The van der Waals surface area contributed by atoms with E-state index < -0.39 is 6.10 Å². The Morgan fingerprint density at radius 2 is 1.57 bits per heavy atom. The van der Waals surface area contributed by atoms with Crippen LogP contribution in [0.25, 0.3) is 0 Å². The quantitative estimate of drug-likeness (QED) is 0.707. The second-order valence-electron chi connectivity index (χ2n) is 6.54. The van der Waals surface area contributed by atoms with Gasteiger partial charge in [0.25, 0.3) is 0 Å². The highest BCUT2D eigenvalue weighted by atomic mass is 35.5. The minimum atomic E-state index is -0.426. The fourth-order valence-corrected chi connectivity index (χ4v) is 2.71. The van der Waals surface area contributed by atoms with Crippen molar-refractivity contribution in [3.63, 3.8) is 0 Å². The summed E-state index contributed by atoms with van der Waals surface area (Å²) in [7, 11) is 4.31. The van der Waals surface area contributed by atoms with Crippen LogP contribution in [0.2, 0.25) is 0 Å². The van der Waals surface area contributed by atoms with E-state index in [4.69, 9.17) is 0 Å². The minimum absolute atomic E-state index is 0. The number of aryl methyl sites for hydroxylation is 1. The molecule has 0 heterocycles. The molecule has 1 atom stereocenters. The molecule has 0 fully saturated rings. The SMILES string of the molecule is C[N+](C)(CCCc1ccc(O)cc1)CC(O)c1ccccc1.[Cl-]. The smallest absolute Gasteiger partial charge is 0.128 e. The lowest BCUT2D eigenvalue weighted by molar-refractivity contribution is -0.894. The third-order valence-corrected chi connectivity index (χ3v) is 4.02. The summed E-state index contributed by atoms with van der Waals surface area (Å²) in [6.45, 7) is 1.71. The number of hydrogen-bond acceptors (Lipinski definition) is 2. The second-order valence-corrected chi connectivity index (χ2v) is 6.54. The van der Waals surface area contributed by atoms with Crippen LogP contribution in [-0.4, -0.2) is 41.9 Å². The predicted molar refractivity (Wildman–Crippen MR) is 89.7 cm³/mol. The zero-order valence-electron chi connectivity index (χ0n) is 13.8. The van der Waals surface area contributed by atoms with E-state index in [1.807, 2.05) is 42.5 Å². The molecule has 126 valence electrons. The molecule has 0 spiro atoms. The summed E-state index contributed by atoms with van der Waals surface area (Å²) >= 11 is 0. The summed E-state index contributed by atoms with van der Waals surface area (Å²) in [5, 5.41) is 19.6. The van der Waals surface area contributed by atoms with Gasteiger partial charge in [0.05, 0.1) is 20.6 Å². The Morgan fingerprint density at radius 1 is 0.957 bits per heavy atom. The number of phenolic OH excluding ortho intramolecular Hbond substituents is 1. The number of nitrogens with zero attached hydrogens (tertiary/aromatic N) is 1. The third-order valence-electron chi connectivity index (χ3n) is 4.02. The third kappa shape index (κ3) is 6.61. The molecular weight excluding hydrogens is 310 g/mol. The molecule has 23 heavy (non-hydrogen) atoms. The Balaban J connectivity index is 0.00000264. The number of aromatic hydroxyl groups is 1. The maximum atomic E-state index is 10.4. The minimum Gasteiger partial charge on any atom is -1.00 e. The van der Waals surface area contributed by atoms with E-state index in [0.29, 0.717) is 12.3 Å². The molecule has 2 N–H and O–H groups in total. The van der Waals surface area contributed by atoms with Crippen LogP contribution < -0.4 is 12.4 Å². The fraction of sp³-hybridized carbons (Fsp3) is 0.368. The van der Waals surface area contributed by atoms with Gasteiger partial charge in [-0.05, 0) is 29.7 Å². The van der Waals surface area contributed by atoms with Gasteiger partial charge in [-0.15, -0.1) is 0 Å². The van der Waals surface area contributed by atoms with Crippen molar-refractivity contribution in [2.24, 2.45) is 0 Å². The van der Waals surface area contributed by atoms with E-state index in [9.17, 15) is 10.2 Å². The van der Waals surface area contributed by atoms with E-state index >= 15 is 0 Å². The second kappa shape index (κ2) is 8.92. The number of aliphatic hydroxyl groups excluding tert-OH is 1. The molecule has 2 rings (SSSR count). The van der Waals surface area contributed by atoms with E-state index in [1.54, 1.807) is 12.1 Å². The summed E-state index contributed by atoms with van der Waals surface area (Å²) in [4.78, 5) is 0. The Bertz CT molecular complexity index is 570. The molecule has 0 aliphatic carbocycles. The molecule has 3 nitrogen and oxygen atoms in total. The van der Waals surface area contributed by atoms with Gasteiger partial charge in [0, 0.05) is 6.42 Å². The molecule has 0 radical (unpaired) electrons. The van der Waals surface area contributed by atoms with Crippen LogP contribution in [0.5, 0.6) is 5.75 Å². The number of phenols is 1. The van der Waals surface area contributed by atoms with Gasteiger partial charge in [0.2, 0.25) is 0 Å². The number of hydrogen-bond donors (Lipinski definition) is 2. The summed E-state index contributed by atoms with van der Waals surface area (Å²) in [5.41, 5.74) is 2.22. The van der Waals surface area contributed by atoms with Gasteiger partial charge in [-0.2, -0.15) is 0 Å². The molecule has 1 unspecified atom stereocenters. The maximum absolute atomic E-state index is 10.4. The molecule has 0 bridgehead atoms. The summed E-state index contributed by atoms with van der Waals surface area (Å²) in [6.07, 6.45) is 1.62. The van der Waals surface area contributed by atoms with Crippen molar-refractivity contribution in [1.29, 1.82) is 0 Å². The lowest BCUT2D eigenvalue weighted by Crippen LogP contribution is -3.00. The lowest BCUT2D eigenvalue weighted by atomic mass is 10.1. The molecule has 0 saturated carbocycles. The Hall–Kier alpha value is -1.55. The van der Waals surface area contributed by atoms with Gasteiger partial charge < -0.3 is 27.1 Å². The van der Waals surface area contributed by atoms with Crippen molar-refractivity contribution in [3.8, 4) is 5.75 Å². The van der Waals surface area contributed by atoms with E-state index in [0.717, 1.165) is 29.4 Å². The van der Waals surface area contributed by atoms with Crippen molar-refractivity contribution >= 4 is 0 Å². The van der Waals surface area contributed by atoms with Crippen molar-refractivity contribution < 1.29 is 27.1 Å². The molecule has 0 aliphatic heterocycles. The first-order chi connectivity index (χ1) is 10.5. The number of benzene rings is 2. The van der Waals surface area contributed by atoms with Crippen LogP contribution in [0, 0.1) is 0 Å². The van der Waals surface area contributed by atoms with Gasteiger partial charge in [0.1, 0.15) is 18.4 Å². The highest BCUT2D eigenvalue weighted by molar-refractivity contribution is 5.25. The molecule has 0 aliphatic rings. The summed E-state index contributed by atoms with van der Waals surface area (Å²) < 4.78 is 0.786. The van der Waals surface area contributed by atoms with Crippen LogP contribution in [0.15, 0.2) is 54.6 Å². The van der Waals surface area contributed by atoms with Crippen molar-refractivity contribution in [1.82, 2.24) is 0 Å². The van der Waals surface area contributed by atoms with Crippen LogP contribution in [0.1, 0.15) is 23.7 Å². The zero-order chi connectivity index (χ0) is 16.0. The highest BCUT2D eigenvalue weighted by Gasteiger charge is 2.21. The van der Waals surface area contributed by atoms with Gasteiger partial charge in [-0.3, -0.25) is 0 Å². The van der Waals surface area contributed by atoms with Crippen LogP contribution in [-0.2, 0) is 6.42 Å². The normalized spacial score (nSPS) is 12.5. The first-order valence-corrected chi connectivity index (χ1v) is 7.79. The van der Waals surface area contributed by atoms with Gasteiger partial charge in [0.15, 0.2) is 0 Å². The van der Waals surface area contributed by atoms with Gasteiger partial charge in [-0.25, -0.2) is 0 Å². The molecule has 2 aromatic carbocycles. The number of quaternary nitrogens is 1. The average Bonchev–Trinajstić information content (AvgIpc) is 2.49. The molecule has 0 saturated heterocycles. The monoisotopic (exact) mass is 335 g/mol. The highest BCUT2D eigenvalue weighted by Crippen LogP contribution is 2.17. The lowest BCUT2D eigenvalue weighted by Gasteiger charge is -2.32. The Morgan fingerprint density at radius 3 is 2.17 bits per heavy atom. The predicted octanol–water partition coefficient (Wildman–Crippen LogP) is 0.139. The fourth-order valence-electron chi connectivity index (χ4n) is 2.71. The van der Waals surface area contributed by atoms with Gasteiger partial charge >= 0.3 is 0 Å². The number of aliphatic hydroxyl groups is 1. The van der Waals surface area contributed by atoms with Crippen molar-refractivity contribution in [2.75, 3.05) is 27.2 Å². The van der Waals surface area contributed by atoms with E-state index in [1.165, 1.54) is 5.56 Å². The van der Waals surface area contributed by atoms with Crippen molar-refractivity contribution in [3.05, 3.63) is 65.7 Å². The number of likely N-dealkylation sites (N-methyl/N-ethyl adjacent to an activating group) is 1. The molecular formula is C19H26ClNO2. The first-order valence-electron chi connectivity index (χ1n) is 7.79. The van der Waals surface area contributed by atoms with Crippen LogP contribution >= 0.6 is 0 Å². The Kier molecular flexibility index (Phi) is 7.56. The molecule has 2 aromatic rings. The first kappa shape index (κ1) is 19.5. The van der Waals surface area contributed by atoms with E-state index in [2.05, 4.69) is 14.1 Å². The topological polar surface area (TPSA) is 40.5 Å². The maximum Gasteiger partial charge on any atom is 0.128 e. The summed E-state index contributed by atoms with van der Waals surface area (Å²) in [5.74, 6) is 0.311. The Labute approximate surface area is 145 Å². The molecule has 4 heteroatoms. The average molecular weight is 336 g/mol. The number of rotatable bonds is 7. The van der Waals surface area contributed by atoms with Crippen LogP contribution in [0.3, 0.4) is 0 Å². The summed E-state index contributed by atoms with van der Waals surface area (Å²) in [6, 6.07) is 17.2. The van der Waals surface area contributed by atoms with Crippen molar-refractivity contribution in [2.45, 2.75) is 18.9 Å². The zero-order valence-corrected chi connectivity index (χ0v) is 14.6. The van der Waals surface area contributed by atoms with E-state index in [-0.39, 0.29) is 12.4 Å². The van der Waals surface area contributed by atoms with Crippen LogP contribution in [0.4, 0.5) is 0 Å². The molecule has 0 amide bonds. The van der Waals surface area contributed by atoms with Gasteiger partial charge in [-0.1, -0.05) is 42.5 Å². The largest absolute Gasteiger partial charge is 1.00 e.